The minimum absolute atomic E-state index is 0.781. The first-order valence-electron chi connectivity index (χ1n) is 8.95. The molecule has 0 radical (unpaired) electrons. The van der Waals surface area contributed by atoms with E-state index in [1.54, 1.807) is 22.7 Å². The maximum absolute atomic E-state index is 4.68. The Morgan fingerprint density at radius 3 is 2.45 bits per heavy atom. The molecule has 0 atom stereocenters. The van der Waals surface area contributed by atoms with Gasteiger partial charge in [-0.05, 0) is 42.0 Å². The molecular weight excluding hydrogens is 464 g/mol. The van der Waals surface area contributed by atoms with E-state index in [9.17, 15) is 0 Å². The molecule has 0 aliphatic rings. The Hall–Kier alpha value is -2.74. The second-order valence-corrected chi connectivity index (χ2v) is 9.07. The summed E-state index contributed by atoms with van der Waals surface area (Å²) >= 11 is 6.71. The van der Waals surface area contributed by atoms with Crippen molar-refractivity contribution in [3.8, 4) is 16.9 Å². The highest BCUT2D eigenvalue weighted by Gasteiger charge is 2.10. The van der Waals surface area contributed by atoms with Gasteiger partial charge >= 0.3 is 0 Å². The molecule has 0 saturated carbocycles. The lowest BCUT2D eigenvalue weighted by molar-refractivity contribution is 0.991. The third-order valence-electron chi connectivity index (χ3n) is 4.40. The van der Waals surface area contributed by atoms with Crippen LogP contribution in [-0.4, -0.2) is 9.55 Å². The predicted molar refractivity (Wildman–Crippen MR) is 126 cm³/mol. The molecule has 0 fully saturated rings. The van der Waals surface area contributed by atoms with E-state index in [-0.39, 0.29) is 0 Å². The summed E-state index contributed by atoms with van der Waals surface area (Å²) in [5.41, 5.74) is 7.43. The summed E-state index contributed by atoms with van der Waals surface area (Å²) in [7, 11) is 0. The molecule has 0 amide bonds. The summed E-state index contributed by atoms with van der Waals surface area (Å²) in [5.74, 6) is 0. The monoisotopic (exact) mass is 478 g/mol. The van der Waals surface area contributed by atoms with Crippen LogP contribution in [0.15, 0.2) is 93.8 Å². The Morgan fingerprint density at radius 1 is 0.897 bits per heavy atom. The van der Waals surface area contributed by atoms with Gasteiger partial charge in [0.2, 0.25) is 9.93 Å². The second kappa shape index (κ2) is 7.94. The predicted octanol–water partition coefficient (Wildman–Crippen LogP) is 6.51. The molecule has 0 spiro atoms. The van der Waals surface area contributed by atoms with Gasteiger partial charge in [-0.25, -0.2) is 10.4 Å². The van der Waals surface area contributed by atoms with Crippen LogP contribution in [0, 0.1) is 0 Å². The molecular formula is C22H15BrN4S2. The number of aromatic nitrogens is 2. The SMILES string of the molecule is Brc1ccc(-n2c(-c3ccccc3)cs/c2=N/Nc2nc3ccccc3s2)cc1. The number of thiazole rings is 2. The first-order valence-corrected chi connectivity index (χ1v) is 11.4. The molecule has 29 heavy (non-hydrogen) atoms. The minimum atomic E-state index is 0.781. The van der Waals surface area contributed by atoms with Gasteiger partial charge in [0.05, 0.1) is 15.9 Å². The number of para-hydroxylation sites is 1. The van der Waals surface area contributed by atoms with Crippen molar-refractivity contribution in [1.82, 2.24) is 9.55 Å². The Balaban J connectivity index is 1.61. The van der Waals surface area contributed by atoms with E-state index in [4.69, 9.17) is 0 Å². The van der Waals surface area contributed by atoms with Gasteiger partial charge in [0, 0.05) is 15.5 Å². The number of rotatable bonds is 4. The van der Waals surface area contributed by atoms with Gasteiger partial charge in [-0.15, -0.1) is 16.4 Å². The van der Waals surface area contributed by atoms with Gasteiger partial charge in [0.25, 0.3) is 0 Å². The normalized spacial score (nSPS) is 11.8. The summed E-state index contributed by atoms with van der Waals surface area (Å²) < 4.78 is 4.35. The molecule has 2 heterocycles. The molecule has 7 heteroatoms. The highest BCUT2D eigenvalue weighted by atomic mass is 79.9. The van der Waals surface area contributed by atoms with Crippen LogP contribution in [0.25, 0.3) is 27.2 Å². The topological polar surface area (TPSA) is 42.2 Å². The van der Waals surface area contributed by atoms with Gasteiger partial charge < -0.3 is 0 Å². The fraction of sp³-hybridized carbons (Fsp3) is 0. The van der Waals surface area contributed by atoms with Crippen molar-refractivity contribution in [2.75, 3.05) is 5.43 Å². The van der Waals surface area contributed by atoms with Crippen molar-refractivity contribution < 1.29 is 0 Å². The third kappa shape index (κ3) is 3.76. The average molecular weight is 479 g/mol. The number of nitrogens with one attached hydrogen (secondary N) is 1. The van der Waals surface area contributed by atoms with E-state index >= 15 is 0 Å². The summed E-state index contributed by atoms with van der Waals surface area (Å²) in [5, 5.41) is 7.60. The van der Waals surface area contributed by atoms with Crippen molar-refractivity contribution in [2.24, 2.45) is 5.10 Å². The summed E-state index contributed by atoms with van der Waals surface area (Å²) in [4.78, 5) is 5.46. The van der Waals surface area contributed by atoms with Gasteiger partial charge in [0.1, 0.15) is 0 Å². The number of benzene rings is 3. The van der Waals surface area contributed by atoms with Crippen molar-refractivity contribution in [3.05, 3.63) is 93.5 Å². The molecule has 4 nitrogen and oxygen atoms in total. The van der Waals surface area contributed by atoms with Gasteiger partial charge in [-0.2, -0.15) is 0 Å². The fourth-order valence-electron chi connectivity index (χ4n) is 3.05. The molecule has 5 rings (SSSR count). The van der Waals surface area contributed by atoms with Crippen molar-refractivity contribution in [1.29, 1.82) is 0 Å². The molecule has 2 aromatic heterocycles. The maximum Gasteiger partial charge on any atom is 0.213 e. The Kier molecular flexibility index (Phi) is 5.01. The molecule has 0 bridgehead atoms. The maximum atomic E-state index is 4.68. The zero-order valence-electron chi connectivity index (χ0n) is 15.1. The Labute approximate surface area is 183 Å². The van der Waals surface area contributed by atoms with E-state index in [1.165, 1.54) is 0 Å². The summed E-state index contributed by atoms with van der Waals surface area (Å²) in [6, 6.07) is 26.7. The smallest absolute Gasteiger partial charge is 0.213 e. The minimum Gasteiger partial charge on any atom is -0.284 e. The summed E-state index contributed by atoms with van der Waals surface area (Å²) in [6.45, 7) is 0. The standard InChI is InChI=1S/C22H15BrN4S2/c23-16-10-12-17(13-11-16)27-19(15-6-2-1-3-7-15)14-28-22(27)26-25-21-24-18-8-4-5-9-20(18)29-21/h1-14H,(H,24,25)/b26-22+. The van der Waals surface area contributed by atoms with Gasteiger partial charge in [-0.1, -0.05) is 69.7 Å². The van der Waals surface area contributed by atoms with Crippen LogP contribution in [0.5, 0.6) is 0 Å². The first-order chi connectivity index (χ1) is 14.3. The van der Waals surface area contributed by atoms with Crippen molar-refractivity contribution in [2.45, 2.75) is 0 Å². The zero-order valence-corrected chi connectivity index (χ0v) is 18.3. The molecule has 5 aromatic rings. The largest absolute Gasteiger partial charge is 0.284 e. The number of nitrogens with zero attached hydrogens (tertiary/aromatic N) is 3. The molecule has 3 aromatic carbocycles. The van der Waals surface area contributed by atoms with E-state index in [2.05, 4.69) is 83.9 Å². The van der Waals surface area contributed by atoms with Crippen LogP contribution in [0.3, 0.4) is 0 Å². The molecule has 0 saturated heterocycles. The van der Waals surface area contributed by atoms with Crippen LogP contribution < -0.4 is 10.2 Å². The Bertz CT molecular complexity index is 1300. The van der Waals surface area contributed by atoms with E-state index in [0.717, 1.165) is 41.6 Å². The average Bonchev–Trinajstić information content (AvgIpc) is 3.37. The van der Waals surface area contributed by atoms with Gasteiger partial charge in [0.15, 0.2) is 0 Å². The number of halogens is 1. The lowest BCUT2D eigenvalue weighted by atomic mass is 10.1. The van der Waals surface area contributed by atoms with Crippen LogP contribution in [-0.2, 0) is 0 Å². The van der Waals surface area contributed by atoms with E-state index in [0.29, 0.717) is 0 Å². The zero-order chi connectivity index (χ0) is 19.6. The highest BCUT2D eigenvalue weighted by molar-refractivity contribution is 9.10. The van der Waals surface area contributed by atoms with Gasteiger partial charge in [-0.3, -0.25) is 4.57 Å². The molecule has 0 aliphatic carbocycles. The number of anilines is 1. The molecule has 142 valence electrons. The molecule has 0 unspecified atom stereocenters. The lowest BCUT2D eigenvalue weighted by Gasteiger charge is -2.09. The van der Waals surface area contributed by atoms with Crippen LogP contribution in [0.4, 0.5) is 5.13 Å². The van der Waals surface area contributed by atoms with E-state index in [1.807, 2.05) is 36.4 Å². The van der Waals surface area contributed by atoms with Crippen LogP contribution >= 0.6 is 38.6 Å². The van der Waals surface area contributed by atoms with Crippen molar-refractivity contribution in [3.63, 3.8) is 0 Å². The first kappa shape index (κ1) is 18.3. The van der Waals surface area contributed by atoms with Crippen LogP contribution in [0.2, 0.25) is 0 Å². The fourth-order valence-corrected chi connectivity index (χ4v) is 4.99. The lowest BCUT2D eigenvalue weighted by Crippen LogP contribution is -2.15. The van der Waals surface area contributed by atoms with E-state index < -0.39 is 0 Å². The molecule has 0 aliphatic heterocycles. The molecule has 1 N–H and O–H groups in total. The Morgan fingerprint density at radius 2 is 1.66 bits per heavy atom. The number of hydrogen-bond donors (Lipinski definition) is 1. The van der Waals surface area contributed by atoms with Crippen molar-refractivity contribution >= 4 is 54.0 Å². The number of fused-ring (bicyclic) bond motifs is 1. The highest BCUT2D eigenvalue weighted by Crippen LogP contribution is 2.26. The third-order valence-corrected chi connectivity index (χ3v) is 6.70. The van der Waals surface area contributed by atoms with Crippen LogP contribution in [0.1, 0.15) is 0 Å². The summed E-state index contributed by atoms with van der Waals surface area (Å²) in [6.07, 6.45) is 0. The second-order valence-electron chi connectivity index (χ2n) is 6.29. The number of hydrogen-bond acceptors (Lipinski definition) is 5. The quantitative estimate of drug-likeness (QED) is 0.299.